The molecule has 30 heavy (non-hydrogen) atoms. The number of nitro groups is 1. The van der Waals surface area contributed by atoms with Crippen LogP contribution in [0, 0.1) is 10.1 Å². The number of amides is 2. The standard InChI is InChI=1S/C22H19N3O5/c26-14-13-15-1-7-18(8-2-15)23-21(27)16-3-9-19(10-4-16)24-22(28)17-5-11-20(12-6-17)25(29)30/h1-12,26H,13-14H2,(H,23,27)(H,24,28). The highest BCUT2D eigenvalue weighted by Gasteiger charge is 2.11. The largest absolute Gasteiger partial charge is 0.396 e. The van der Waals surface area contributed by atoms with Gasteiger partial charge in [-0.15, -0.1) is 0 Å². The highest BCUT2D eigenvalue weighted by Crippen LogP contribution is 2.16. The molecule has 0 bridgehead atoms. The van der Waals surface area contributed by atoms with Crippen LogP contribution in [-0.4, -0.2) is 28.5 Å². The van der Waals surface area contributed by atoms with E-state index in [4.69, 9.17) is 5.11 Å². The van der Waals surface area contributed by atoms with Gasteiger partial charge in [-0.1, -0.05) is 12.1 Å². The highest BCUT2D eigenvalue weighted by molar-refractivity contribution is 6.06. The van der Waals surface area contributed by atoms with Crippen molar-refractivity contribution in [3.63, 3.8) is 0 Å². The highest BCUT2D eigenvalue weighted by atomic mass is 16.6. The number of nitro benzene ring substituents is 1. The molecule has 0 aliphatic carbocycles. The van der Waals surface area contributed by atoms with E-state index in [2.05, 4.69) is 10.6 Å². The lowest BCUT2D eigenvalue weighted by Crippen LogP contribution is -2.13. The molecule has 0 saturated carbocycles. The molecule has 3 aromatic rings. The maximum Gasteiger partial charge on any atom is 0.269 e. The second-order valence-corrected chi connectivity index (χ2v) is 6.46. The number of nitrogens with one attached hydrogen (secondary N) is 2. The summed E-state index contributed by atoms with van der Waals surface area (Å²) in [5, 5.41) is 25.1. The molecule has 8 nitrogen and oxygen atoms in total. The number of anilines is 2. The first-order chi connectivity index (χ1) is 14.5. The number of hydrogen-bond acceptors (Lipinski definition) is 5. The van der Waals surface area contributed by atoms with Crippen molar-refractivity contribution < 1.29 is 19.6 Å². The van der Waals surface area contributed by atoms with Gasteiger partial charge in [-0.3, -0.25) is 19.7 Å². The molecule has 0 aliphatic rings. The molecule has 0 aliphatic heterocycles. The van der Waals surface area contributed by atoms with Crippen molar-refractivity contribution in [2.75, 3.05) is 17.2 Å². The summed E-state index contributed by atoms with van der Waals surface area (Å²) in [6.07, 6.45) is 0.557. The third-order valence-electron chi connectivity index (χ3n) is 4.36. The van der Waals surface area contributed by atoms with Crippen LogP contribution in [0.2, 0.25) is 0 Å². The van der Waals surface area contributed by atoms with Crippen LogP contribution in [0.15, 0.2) is 72.8 Å². The fourth-order valence-electron chi connectivity index (χ4n) is 2.73. The maximum absolute atomic E-state index is 12.4. The third-order valence-corrected chi connectivity index (χ3v) is 4.36. The van der Waals surface area contributed by atoms with E-state index in [0.717, 1.165) is 5.56 Å². The summed E-state index contributed by atoms with van der Waals surface area (Å²) in [6, 6.07) is 18.8. The second kappa shape index (κ2) is 9.44. The second-order valence-electron chi connectivity index (χ2n) is 6.46. The van der Waals surface area contributed by atoms with Crippen molar-refractivity contribution in [2.45, 2.75) is 6.42 Å². The van der Waals surface area contributed by atoms with E-state index in [-0.39, 0.29) is 23.8 Å². The zero-order valence-corrected chi connectivity index (χ0v) is 15.9. The Morgan fingerprint density at radius 2 is 1.20 bits per heavy atom. The van der Waals surface area contributed by atoms with Gasteiger partial charge in [-0.2, -0.15) is 0 Å². The van der Waals surface area contributed by atoms with Gasteiger partial charge < -0.3 is 15.7 Å². The van der Waals surface area contributed by atoms with Crippen LogP contribution in [0.4, 0.5) is 17.1 Å². The molecule has 8 heteroatoms. The number of carbonyl (C=O) groups excluding carboxylic acids is 2. The Labute approximate surface area is 172 Å². The minimum absolute atomic E-state index is 0.0682. The van der Waals surface area contributed by atoms with Gasteiger partial charge in [0.15, 0.2) is 0 Å². The Kier molecular flexibility index (Phi) is 6.51. The van der Waals surface area contributed by atoms with E-state index in [1.807, 2.05) is 12.1 Å². The molecule has 0 spiro atoms. The molecule has 0 fully saturated rings. The number of nitrogens with zero attached hydrogens (tertiary/aromatic N) is 1. The molecule has 0 saturated heterocycles. The third kappa shape index (κ3) is 5.27. The minimum atomic E-state index is -0.533. The fourth-order valence-corrected chi connectivity index (χ4v) is 2.73. The average Bonchev–Trinajstić information content (AvgIpc) is 2.76. The molecule has 0 radical (unpaired) electrons. The van der Waals surface area contributed by atoms with E-state index in [0.29, 0.717) is 23.4 Å². The van der Waals surface area contributed by atoms with Crippen molar-refractivity contribution in [3.05, 3.63) is 99.6 Å². The molecular weight excluding hydrogens is 386 g/mol. The molecule has 0 aromatic heterocycles. The van der Waals surface area contributed by atoms with E-state index in [9.17, 15) is 19.7 Å². The van der Waals surface area contributed by atoms with Gasteiger partial charge in [0, 0.05) is 41.2 Å². The Bertz CT molecular complexity index is 1050. The number of benzene rings is 3. The molecule has 0 unspecified atom stereocenters. The van der Waals surface area contributed by atoms with E-state index < -0.39 is 10.8 Å². The summed E-state index contributed by atoms with van der Waals surface area (Å²) in [7, 11) is 0. The smallest absolute Gasteiger partial charge is 0.269 e. The van der Waals surface area contributed by atoms with Crippen molar-refractivity contribution in [1.29, 1.82) is 0 Å². The summed E-state index contributed by atoms with van der Waals surface area (Å²) >= 11 is 0. The Morgan fingerprint density at radius 1 is 0.767 bits per heavy atom. The van der Waals surface area contributed by atoms with Gasteiger partial charge in [-0.25, -0.2) is 0 Å². The van der Waals surface area contributed by atoms with Crippen LogP contribution < -0.4 is 10.6 Å². The first-order valence-corrected chi connectivity index (χ1v) is 9.13. The molecule has 152 valence electrons. The lowest BCUT2D eigenvalue weighted by molar-refractivity contribution is -0.384. The van der Waals surface area contributed by atoms with Crippen LogP contribution in [0.3, 0.4) is 0 Å². The minimum Gasteiger partial charge on any atom is -0.396 e. The Morgan fingerprint density at radius 3 is 1.63 bits per heavy atom. The normalized spacial score (nSPS) is 10.3. The van der Waals surface area contributed by atoms with Gasteiger partial charge in [0.1, 0.15) is 0 Å². The molecule has 3 N–H and O–H groups in total. The fraction of sp³-hybridized carbons (Fsp3) is 0.0909. The lowest BCUT2D eigenvalue weighted by atomic mass is 10.1. The van der Waals surface area contributed by atoms with Gasteiger partial charge >= 0.3 is 0 Å². The molecule has 2 amide bonds. The van der Waals surface area contributed by atoms with Gasteiger partial charge in [0.25, 0.3) is 17.5 Å². The van der Waals surface area contributed by atoms with E-state index in [1.54, 1.807) is 36.4 Å². The molecule has 3 rings (SSSR count). The van der Waals surface area contributed by atoms with Crippen molar-refractivity contribution in [1.82, 2.24) is 0 Å². The molecular formula is C22H19N3O5. The SMILES string of the molecule is O=C(Nc1ccc(CCO)cc1)c1ccc(NC(=O)c2ccc([N+](=O)[O-])cc2)cc1. The van der Waals surface area contributed by atoms with Crippen LogP contribution in [0.5, 0.6) is 0 Å². The van der Waals surface area contributed by atoms with E-state index in [1.165, 1.54) is 24.3 Å². The maximum atomic E-state index is 12.4. The Hall–Kier alpha value is -4.04. The molecule has 3 aromatic carbocycles. The topological polar surface area (TPSA) is 122 Å². The predicted molar refractivity (Wildman–Crippen MR) is 113 cm³/mol. The number of aliphatic hydroxyl groups is 1. The van der Waals surface area contributed by atoms with Gasteiger partial charge in [0.2, 0.25) is 0 Å². The number of hydrogen-bond donors (Lipinski definition) is 3. The monoisotopic (exact) mass is 405 g/mol. The lowest BCUT2D eigenvalue weighted by Gasteiger charge is -2.08. The summed E-state index contributed by atoms with van der Waals surface area (Å²) in [4.78, 5) is 34.8. The van der Waals surface area contributed by atoms with E-state index >= 15 is 0 Å². The number of carbonyl (C=O) groups is 2. The Balaban J connectivity index is 1.60. The van der Waals surface area contributed by atoms with Gasteiger partial charge in [-0.05, 0) is 60.5 Å². The first-order valence-electron chi connectivity index (χ1n) is 9.13. The summed E-state index contributed by atoms with van der Waals surface area (Å²) < 4.78 is 0. The molecule has 0 heterocycles. The average molecular weight is 405 g/mol. The quantitative estimate of drug-likeness (QED) is 0.409. The molecule has 0 atom stereocenters. The van der Waals surface area contributed by atoms with Crippen LogP contribution in [0.1, 0.15) is 26.3 Å². The van der Waals surface area contributed by atoms with Crippen LogP contribution >= 0.6 is 0 Å². The summed E-state index contributed by atoms with van der Waals surface area (Å²) in [5.41, 5.74) is 2.71. The predicted octanol–water partition coefficient (Wildman–Crippen LogP) is 3.63. The van der Waals surface area contributed by atoms with Crippen molar-refractivity contribution in [2.24, 2.45) is 0 Å². The van der Waals surface area contributed by atoms with Crippen molar-refractivity contribution >= 4 is 28.9 Å². The summed E-state index contributed by atoms with van der Waals surface area (Å²) in [5.74, 6) is -0.705. The number of rotatable bonds is 7. The summed E-state index contributed by atoms with van der Waals surface area (Å²) in [6.45, 7) is 0.0682. The number of non-ortho nitro benzene ring substituents is 1. The van der Waals surface area contributed by atoms with Crippen LogP contribution in [-0.2, 0) is 6.42 Å². The zero-order valence-electron chi connectivity index (χ0n) is 15.9. The van der Waals surface area contributed by atoms with Gasteiger partial charge in [0.05, 0.1) is 4.92 Å². The van der Waals surface area contributed by atoms with Crippen LogP contribution in [0.25, 0.3) is 0 Å². The van der Waals surface area contributed by atoms with Crippen molar-refractivity contribution in [3.8, 4) is 0 Å². The zero-order chi connectivity index (χ0) is 21.5. The number of aliphatic hydroxyl groups excluding tert-OH is 1. The first kappa shape index (κ1) is 20.7.